The van der Waals surface area contributed by atoms with Crippen molar-refractivity contribution in [3.63, 3.8) is 0 Å². The van der Waals surface area contributed by atoms with Gasteiger partial charge >= 0.3 is 13.8 Å². The summed E-state index contributed by atoms with van der Waals surface area (Å²) in [6, 6.07) is 0. The number of quaternary nitrogens is 1. The monoisotopic (exact) mass is 953 g/mol. The number of ether oxygens (including phenoxy) is 2. The molecule has 0 bridgehead atoms. The predicted octanol–water partition coefficient (Wildman–Crippen LogP) is 16.5. The first kappa shape index (κ1) is 63.9. The molecule has 0 spiro atoms. The molecule has 0 heterocycles. The zero-order valence-electron chi connectivity index (χ0n) is 43.3. The molecule has 0 aliphatic carbocycles. The van der Waals surface area contributed by atoms with Gasteiger partial charge in [-0.05, 0) is 103 Å². The molecule has 0 aromatic rings. The van der Waals surface area contributed by atoms with Crippen LogP contribution in [-0.4, -0.2) is 75.6 Å². The topological polar surface area (TPSA) is 91.3 Å². The van der Waals surface area contributed by atoms with Crippen molar-refractivity contribution in [3.05, 3.63) is 122 Å². The highest BCUT2D eigenvalue weighted by Crippen LogP contribution is 2.43. The van der Waals surface area contributed by atoms with Crippen LogP contribution >= 0.6 is 7.82 Å². The summed E-state index contributed by atoms with van der Waals surface area (Å²) in [6.45, 7) is 5.30. The van der Waals surface area contributed by atoms with Gasteiger partial charge in [0.05, 0.1) is 34.4 Å². The lowest BCUT2D eigenvalue weighted by atomic mass is 10.1. The fraction of sp³-hybridized carbons (Fsp3) is 0.638. The van der Waals surface area contributed by atoms with Gasteiger partial charge in [0.1, 0.15) is 19.3 Å². The van der Waals surface area contributed by atoms with Crippen molar-refractivity contribution in [2.45, 2.75) is 187 Å². The fourth-order valence-corrected chi connectivity index (χ4v) is 7.29. The third-order valence-electron chi connectivity index (χ3n) is 10.5. The van der Waals surface area contributed by atoms with E-state index in [1.165, 1.54) is 38.5 Å². The van der Waals surface area contributed by atoms with Crippen molar-refractivity contribution in [3.8, 4) is 0 Å². The number of unbranched alkanes of at least 4 members (excludes halogenated alkanes) is 13. The standard InChI is InChI=1S/C58H98NO7P/c1-6-8-10-12-14-16-18-20-22-24-26-28-29-30-31-32-33-35-37-39-41-43-45-47-49-51-58(60)66-57(56-65-67(61,62)64-54-52-59(3,4)5)55-63-53-50-48-46-44-42-40-38-36-34-27-25-23-21-19-17-15-13-11-9-7-2/h8-11,14-17,20-23,26-28,30-31,34,38,40,57H,6-7,12-13,18-19,24-25,29,32-33,35-37,39,41-56H2,1-5H3/p+1/b10-8-,11-9-,16-14-,17-15-,22-20-,23-21-,28-26-,31-30-,34-27-,40-38-. The molecule has 0 aliphatic rings. The van der Waals surface area contributed by atoms with Crippen LogP contribution in [0.15, 0.2) is 122 Å². The van der Waals surface area contributed by atoms with E-state index in [9.17, 15) is 14.3 Å². The van der Waals surface area contributed by atoms with Crippen LogP contribution in [0.4, 0.5) is 0 Å². The molecule has 0 fully saturated rings. The molecule has 0 saturated carbocycles. The average Bonchev–Trinajstić information content (AvgIpc) is 3.29. The molecular weight excluding hydrogens is 854 g/mol. The van der Waals surface area contributed by atoms with Crippen molar-refractivity contribution in [1.82, 2.24) is 0 Å². The summed E-state index contributed by atoms with van der Waals surface area (Å²) in [5.41, 5.74) is 0. The maximum absolute atomic E-state index is 12.8. The Morgan fingerprint density at radius 1 is 0.463 bits per heavy atom. The molecular formula is C58H99NO7P+. The summed E-state index contributed by atoms with van der Waals surface area (Å²) in [5.74, 6) is -0.335. The van der Waals surface area contributed by atoms with Gasteiger partial charge in [0.25, 0.3) is 0 Å². The highest BCUT2D eigenvalue weighted by atomic mass is 31.2. The smallest absolute Gasteiger partial charge is 0.457 e. The number of allylic oxidation sites excluding steroid dienone is 20. The minimum Gasteiger partial charge on any atom is -0.457 e. The van der Waals surface area contributed by atoms with E-state index in [2.05, 4.69) is 135 Å². The number of nitrogens with zero attached hydrogens (tertiary/aromatic N) is 1. The first-order valence-electron chi connectivity index (χ1n) is 26.3. The van der Waals surface area contributed by atoms with Crippen LogP contribution in [0.3, 0.4) is 0 Å². The Kier molecular flexibility index (Phi) is 47.0. The fourth-order valence-electron chi connectivity index (χ4n) is 6.55. The number of hydrogen-bond donors (Lipinski definition) is 1. The van der Waals surface area contributed by atoms with Crippen LogP contribution in [0.5, 0.6) is 0 Å². The van der Waals surface area contributed by atoms with Crippen LogP contribution < -0.4 is 0 Å². The summed E-state index contributed by atoms with van der Waals surface area (Å²) in [7, 11) is 1.62. The summed E-state index contributed by atoms with van der Waals surface area (Å²) < 4.78 is 35.1. The number of rotatable bonds is 47. The third kappa shape index (κ3) is 53.7. The molecule has 2 unspecified atom stereocenters. The molecule has 67 heavy (non-hydrogen) atoms. The predicted molar refractivity (Wildman–Crippen MR) is 288 cm³/mol. The summed E-state index contributed by atoms with van der Waals surface area (Å²) in [6.07, 6.45) is 71.0. The molecule has 0 rings (SSSR count). The highest BCUT2D eigenvalue weighted by molar-refractivity contribution is 7.47. The summed E-state index contributed by atoms with van der Waals surface area (Å²) in [5, 5.41) is 0. The molecule has 0 radical (unpaired) electrons. The normalized spacial score (nSPS) is 14.5. The minimum atomic E-state index is -4.30. The average molecular weight is 953 g/mol. The second-order valence-corrected chi connectivity index (χ2v) is 19.6. The number of esters is 1. The lowest BCUT2D eigenvalue weighted by molar-refractivity contribution is -0.870. The minimum absolute atomic E-state index is 0.0745. The SMILES string of the molecule is CC/C=C\C/C=C\C/C=C\C/C=C\C/C=C\CCCCCCCCCCCC(=O)OC(COCCCCCC/C=C\C/C=C\C/C=C\C/C=C\C/C=C\CC)COP(=O)(O)OCC[N+](C)(C)C. The Bertz CT molecular complexity index is 1480. The van der Waals surface area contributed by atoms with Gasteiger partial charge in [0.2, 0.25) is 0 Å². The van der Waals surface area contributed by atoms with Crippen LogP contribution in [0.2, 0.25) is 0 Å². The Hall–Kier alpha value is -3.10. The Balaban J connectivity index is 4.23. The van der Waals surface area contributed by atoms with Crippen LogP contribution in [0.25, 0.3) is 0 Å². The molecule has 0 amide bonds. The number of phosphoric ester groups is 1. The Morgan fingerprint density at radius 2 is 0.821 bits per heavy atom. The Labute approximate surface area is 412 Å². The second-order valence-electron chi connectivity index (χ2n) is 18.1. The number of hydrogen-bond acceptors (Lipinski definition) is 6. The van der Waals surface area contributed by atoms with Crippen LogP contribution in [-0.2, 0) is 27.9 Å². The van der Waals surface area contributed by atoms with Crippen molar-refractivity contribution < 1.29 is 37.3 Å². The van der Waals surface area contributed by atoms with Gasteiger partial charge in [0, 0.05) is 13.0 Å². The molecule has 382 valence electrons. The zero-order chi connectivity index (χ0) is 49.0. The lowest BCUT2D eigenvalue weighted by Crippen LogP contribution is -2.37. The van der Waals surface area contributed by atoms with E-state index in [4.69, 9.17) is 18.5 Å². The number of phosphoric acid groups is 1. The molecule has 0 aliphatic heterocycles. The van der Waals surface area contributed by atoms with Crippen molar-refractivity contribution in [2.75, 3.05) is 54.1 Å². The number of carbonyl (C=O) groups excluding carboxylic acids is 1. The quantitative estimate of drug-likeness (QED) is 0.0214. The number of likely N-dealkylation sites (N-methyl/N-ethyl adjacent to an activating group) is 1. The lowest BCUT2D eigenvalue weighted by Gasteiger charge is -2.24. The summed E-state index contributed by atoms with van der Waals surface area (Å²) in [4.78, 5) is 23.0. The second kappa shape index (κ2) is 49.3. The first-order valence-corrected chi connectivity index (χ1v) is 27.8. The van der Waals surface area contributed by atoms with Crippen molar-refractivity contribution in [1.29, 1.82) is 0 Å². The molecule has 9 heteroatoms. The molecule has 2 atom stereocenters. The van der Waals surface area contributed by atoms with Gasteiger partial charge < -0.3 is 18.9 Å². The molecule has 0 aromatic carbocycles. The van der Waals surface area contributed by atoms with E-state index in [0.29, 0.717) is 24.1 Å². The highest BCUT2D eigenvalue weighted by Gasteiger charge is 2.26. The van der Waals surface area contributed by atoms with Gasteiger partial charge in [-0.25, -0.2) is 4.57 Å². The van der Waals surface area contributed by atoms with Crippen LogP contribution in [0, 0.1) is 0 Å². The maximum Gasteiger partial charge on any atom is 0.472 e. The largest absolute Gasteiger partial charge is 0.472 e. The maximum atomic E-state index is 12.8. The molecule has 1 N–H and O–H groups in total. The van der Waals surface area contributed by atoms with E-state index < -0.39 is 13.9 Å². The van der Waals surface area contributed by atoms with Gasteiger partial charge in [-0.1, -0.05) is 193 Å². The molecule has 0 saturated heterocycles. The van der Waals surface area contributed by atoms with Gasteiger partial charge in [0.15, 0.2) is 0 Å². The Morgan fingerprint density at radius 3 is 1.22 bits per heavy atom. The van der Waals surface area contributed by atoms with E-state index in [1.54, 1.807) is 0 Å². The van der Waals surface area contributed by atoms with Gasteiger partial charge in [-0.15, -0.1) is 0 Å². The van der Waals surface area contributed by atoms with Crippen molar-refractivity contribution in [2.24, 2.45) is 0 Å². The van der Waals surface area contributed by atoms with E-state index in [0.717, 1.165) is 122 Å². The summed E-state index contributed by atoms with van der Waals surface area (Å²) >= 11 is 0. The molecule has 8 nitrogen and oxygen atoms in total. The third-order valence-corrected chi connectivity index (χ3v) is 11.5. The van der Waals surface area contributed by atoms with Gasteiger partial charge in [-0.2, -0.15) is 0 Å². The van der Waals surface area contributed by atoms with Crippen LogP contribution in [0.1, 0.15) is 181 Å². The van der Waals surface area contributed by atoms with Gasteiger partial charge in [-0.3, -0.25) is 13.8 Å². The number of carbonyl (C=O) groups is 1. The first-order chi connectivity index (χ1) is 32.6. The van der Waals surface area contributed by atoms with E-state index in [1.807, 2.05) is 21.1 Å². The van der Waals surface area contributed by atoms with Crippen molar-refractivity contribution >= 4 is 13.8 Å². The molecule has 0 aromatic heterocycles. The zero-order valence-corrected chi connectivity index (χ0v) is 44.2. The van der Waals surface area contributed by atoms with E-state index >= 15 is 0 Å². The van der Waals surface area contributed by atoms with E-state index in [-0.39, 0.29) is 25.8 Å².